The molecule has 0 spiro atoms. The number of β-amino-alcohol motifs (C(OH)–C–C–N with tert-alkyl or cyclic N) is 1. The van der Waals surface area contributed by atoms with Gasteiger partial charge in [0.15, 0.2) is 5.82 Å². The lowest BCUT2D eigenvalue weighted by Crippen LogP contribution is -2.37. The van der Waals surface area contributed by atoms with Crippen molar-refractivity contribution in [2.75, 3.05) is 26.2 Å². The van der Waals surface area contributed by atoms with Gasteiger partial charge in [0, 0.05) is 63.5 Å². The fourth-order valence-corrected chi connectivity index (χ4v) is 2.73. The molecule has 8 heteroatoms. The molecule has 3 heterocycles. The molecule has 0 unspecified atom stereocenters. The Balaban J connectivity index is 1.73. The van der Waals surface area contributed by atoms with Crippen LogP contribution < -0.4 is 0 Å². The summed E-state index contributed by atoms with van der Waals surface area (Å²) in [7, 11) is 0. The SMILES string of the molecule is CC(=O)N1CCN(C(=O)c2cnc(-c3cccnc3)nc2)C[C@H](O)C1. The molecule has 0 saturated carbocycles. The van der Waals surface area contributed by atoms with Crippen LogP contribution in [-0.4, -0.2) is 74.0 Å². The Morgan fingerprint density at radius 3 is 2.44 bits per heavy atom. The highest BCUT2D eigenvalue weighted by Gasteiger charge is 2.26. The molecule has 0 radical (unpaired) electrons. The van der Waals surface area contributed by atoms with E-state index in [1.165, 1.54) is 24.2 Å². The molecular weight excluding hydrogens is 322 g/mol. The highest BCUT2D eigenvalue weighted by molar-refractivity contribution is 5.93. The van der Waals surface area contributed by atoms with E-state index in [0.717, 1.165) is 5.56 Å². The van der Waals surface area contributed by atoms with Gasteiger partial charge in [0.2, 0.25) is 5.91 Å². The monoisotopic (exact) mass is 341 g/mol. The lowest BCUT2D eigenvalue weighted by Gasteiger charge is -2.21. The second-order valence-electron chi connectivity index (χ2n) is 5.91. The molecular formula is C17H19N5O3. The lowest BCUT2D eigenvalue weighted by atomic mass is 10.2. The van der Waals surface area contributed by atoms with Crippen molar-refractivity contribution in [3.63, 3.8) is 0 Å². The van der Waals surface area contributed by atoms with Gasteiger partial charge >= 0.3 is 0 Å². The smallest absolute Gasteiger partial charge is 0.257 e. The Bertz CT molecular complexity index is 751. The van der Waals surface area contributed by atoms with Crippen LogP contribution in [0, 0.1) is 0 Å². The van der Waals surface area contributed by atoms with Crippen molar-refractivity contribution in [3.8, 4) is 11.4 Å². The summed E-state index contributed by atoms with van der Waals surface area (Å²) in [6.45, 7) is 2.62. The summed E-state index contributed by atoms with van der Waals surface area (Å²) in [5.41, 5.74) is 1.11. The molecule has 2 aromatic rings. The molecule has 2 amide bonds. The number of pyridine rings is 1. The van der Waals surface area contributed by atoms with E-state index in [9.17, 15) is 14.7 Å². The summed E-state index contributed by atoms with van der Waals surface area (Å²) < 4.78 is 0. The molecule has 1 aliphatic rings. The fourth-order valence-electron chi connectivity index (χ4n) is 2.73. The average Bonchev–Trinajstić information content (AvgIpc) is 2.84. The Morgan fingerprint density at radius 1 is 1.12 bits per heavy atom. The molecule has 3 rings (SSSR count). The predicted octanol–water partition coefficient (Wildman–Crippen LogP) is 0.204. The molecule has 1 fully saturated rings. The normalized spacial score (nSPS) is 17.9. The van der Waals surface area contributed by atoms with E-state index in [1.54, 1.807) is 23.4 Å². The number of aromatic nitrogens is 3. The van der Waals surface area contributed by atoms with Gasteiger partial charge < -0.3 is 14.9 Å². The highest BCUT2D eigenvalue weighted by atomic mass is 16.3. The largest absolute Gasteiger partial charge is 0.389 e. The van der Waals surface area contributed by atoms with Crippen LogP contribution in [0.1, 0.15) is 17.3 Å². The van der Waals surface area contributed by atoms with Crippen molar-refractivity contribution in [2.24, 2.45) is 0 Å². The van der Waals surface area contributed by atoms with Gasteiger partial charge in [-0.1, -0.05) is 0 Å². The van der Waals surface area contributed by atoms with Gasteiger partial charge in [-0.15, -0.1) is 0 Å². The first-order valence-electron chi connectivity index (χ1n) is 8.00. The number of carbonyl (C=O) groups excluding carboxylic acids is 2. The Hall–Kier alpha value is -2.87. The third-order valence-corrected chi connectivity index (χ3v) is 4.05. The van der Waals surface area contributed by atoms with Crippen molar-refractivity contribution in [1.29, 1.82) is 0 Å². The van der Waals surface area contributed by atoms with Crippen molar-refractivity contribution in [3.05, 3.63) is 42.5 Å². The minimum atomic E-state index is -0.772. The van der Waals surface area contributed by atoms with Crippen LogP contribution in [0.25, 0.3) is 11.4 Å². The summed E-state index contributed by atoms with van der Waals surface area (Å²) in [4.78, 5) is 39.7. The van der Waals surface area contributed by atoms with Gasteiger partial charge in [-0.3, -0.25) is 14.6 Å². The zero-order chi connectivity index (χ0) is 17.8. The molecule has 1 atom stereocenters. The van der Waals surface area contributed by atoms with E-state index in [-0.39, 0.29) is 24.9 Å². The number of nitrogens with zero attached hydrogens (tertiary/aromatic N) is 5. The van der Waals surface area contributed by atoms with Crippen LogP contribution in [0.2, 0.25) is 0 Å². The maximum Gasteiger partial charge on any atom is 0.257 e. The Morgan fingerprint density at radius 2 is 1.80 bits per heavy atom. The van der Waals surface area contributed by atoms with Gasteiger partial charge in [-0.2, -0.15) is 0 Å². The zero-order valence-corrected chi connectivity index (χ0v) is 13.9. The van der Waals surface area contributed by atoms with Crippen molar-refractivity contribution in [2.45, 2.75) is 13.0 Å². The quantitative estimate of drug-likeness (QED) is 0.838. The van der Waals surface area contributed by atoms with E-state index in [0.29, 0.717) is 24.5 Å². The summed E-state index contributed by atoms with van der Waals surface area (Å²) in [6.07, 6.45) is 5.48. The first-order chi connectivity index (χ1) is 12.0. The molecule has 2 aromatic heterocycles. The van der Waals surface area contributed by atoms with Crippen molar-refractivity contribution < 1.29 is 14.7 Å². The topological polar surface area (TPSA) is 99.5 Å². The lowest BCUT2D eigenvalue weighted by molar-refractivity contribution is -0.129. The van der Waals surface area contributed by atoms with E-state index < -0.39 is 6.10 Å². The molecule has 25 heavy (non-hydrogen) atoms. The summed E-state index contributed by atoms with van der Waals surface area (Å²) in [5, 5.41) is 10.0. The van der Waals surface area contributed by atoms with Crippen LogP contribution in [0.15, 0.2) is 36.9 Å². The summed E-state index contributed by atoms with van der Waals surface area (Å²) in [5.74, 6) is 0.114. The highest BCUT2D eigenvalue weighted by Crippen LogP contribution is 2.14. The third-order valence-electron chi connectivity index (χ3n) is 4.05. The number of amides is 2. The minimum absolute atomic E-state index is 0.113. The Labute approximate surface area is 145 Å². The van der Waals surface area contributed by atoms with Crippen molar-refractivity contribution in [1.82, 2.24) is 24.8 Å². The van der Waals surface area contributed by atoms with Crippen LogP contribution >= 0.6 is 0 Å². The summed E-state index contributed by atoms with van der Waals surface area (Å²) >= 11 is 0. The number of aliphatic hydroxyl groups is 1. The van der Waals surface area contributed by atoms with Gasteiger partial charge in [-0.25, -0.2) is 9.97 Å². The van der Waals surface area contributed by atoms with Gasteiger partial charge in [0.25, 0.3) is 5.91 Å². The maximum atomic E-state index is 12.6. The molecule has 0 bridgehead atoms. The average molecular weight is 341 g/mol. The number of carbonyl (C=O) groups is 2. The number of aliphatic hydroxyl groups excluding tert-OH is 1. The minimum Gasteiger partial charge on any atom is -0.389 e. The molecule has 1 N–H and O–H groups in total. The fraction of sp³-hybridized carbons (Fsp3) is 0.353. The van der Waals surface area contributed by atoms with E-state index in [4.69, 9.17) is 0 Å². The third kappa shape index (κ3) is 3.97. The first-order valence-corrected chi connectivity index (χ1v) is 8.00. The van der Waals surface area contributed by atoms with Gasteiger partial charge in [0.05, 0.1) is 11.7 Å². The van der Waals surface area contributed by atoms with Crippen LogP contribution in [-0.2, 0) is 4.79 Å². The Kier molecular flexibility index (Phi) is 4.99. The standard InChI is InChI=1S/C17H19N5O3/c1-12(23)21-5-6-22(11-15(24)10-21)17(25)14-8-19-16(20-9-14)13-3-2-4-18-7-13/h2-4,7-9,15,24H,5-6,10-11H2,1H3/t15-/m1/s1. The van der Waals surface area contributed by atoms with Crippen LogP contribution in [0.3, 0.4) is 0 Å². The number of rotatable bonds is 2. The van der Waals surface area contributed by atoms with Gasteiger partial charge in [-0.05, 0) is 12.1 Å². The maximum absolute atomic E-state index is 12.6. The van der Waals surface area contributed by atoms with Crippen LogP contribution in [0.4, 0.5) is 0 Å². The van der Waals surface area contributed by atoms with Crippen molar-refractivity contribution >= 4 is 11.8 Å². The van der Waals surface area contributed by atoms with E-state index >= 15 is 0 Å². The van der Waals surface area contributed by atoms with Gasteiger partial charge in [0.1, 0.15) is 0 Å². The number of hydrogen-bond donors (Lipinski definition) is 1. The molecule has 0 aromatic carbocycles. The molecule has 0 aliphatic carbocycles. The predicted molar refractivity (Wildman–Crippen MR) is 89.4 cm³/mol. The van der Waals surface area contributed by atoms with E-state index in [2.05, 4.69) is 15.0 Å². The second-order valence-corrected chi connectivity index (χ2v) is 5.91. The molecule has 8 nitrogen and oxygen atoms in total. The van der Waals surface area contributed by atoms with Crippen LogP contribution in [0.5, 0.6) is 0 Å². The molecule has 1 saturated heterocycles. The second kappa shape index (κ2) is 7.35. The molecule has 1 aliphatic heterocycles. The number of hydrogen-bond acceptors (Lipinski definition) is 6. The molecule has 130 valence electrons. The zero-order valence-electron chi connectivity index (χ0n) is 13.9. The van der Waals surface area contributed by atoms with E-state index in [1.807, 2.05) is 6.07 Å². The first kappa shape index (κ1) is 17.0. The summed E-state index contributed by atoms with van der Waals surface area (Å²) in [6, 6.07) is 3.63.